The molecule has 0 radical (unpaired) electrons. The third-order valence-electron chi connectivity index (χ3n) is 8.48. The standard InChI is InChI=1S/C6H12.2C5H10O.C5H10.C4H8O2.C4H8O.2C4H8.6CH4/c3*1-2-4-6-5-3-1;1-2-4-5-3-1;1-2-6-4-3-5-1;1-2-4-5-3-1;2*1-2-4-3-1;;;;;;/h1-6H2;2*1-5H2;1-5H2;1-4H2;1-4H2;2*1-4H2;6*1H4. The molecule has 4 saturated heterocycles. The SMILES string of the molecule is C.C.C.C.C.C.C1CCC1.C1CCC1.C1CCCC1.C1CCCCC1.C1CCOC1.C1CCOCC1.C1CCOCC1.C1COCCO1. The topological polar surface area (TPSA) is 46.2 Å². The predicted octanol–water partition coefficient (Wildman–Crippen LogP) is 14.4. The molecule has 4 saturated carbocycles. The quantitative estimate of drug-likeness (QED) is 0.253. The van der Waals surface area contributed by atoms with Crippen LogP contribution in [0.15, 0.2) is 0 Å². The second-order valence-corrected chi connectivity index (χ2v) is 12.6. The summed E-state index contributed by atoms with van der Waals surface area (Å²) >= 11 is 0. The van der Waals surface area contributed by atoms with E-state index in [1.165, 1.54) is 173 Å². The van der Waals surface area contributed by atoms with Crippen LogP contribution >= 0.6 is 0 Å². The summed E-state index contributed by atoms with van der Waals surface area (Å²) in [5, 5.41) is 0. The van der Waals surface area contributed by atoms with Gasteiger partial charge in [-0.3, -0.25) is 0 Å². The lowest BCUT2D eigenvalue weighted by Gasteiger charge is -2.09. The maximum absolute atomic E-state index is 5.07. The Hall–Kier alpha value is -0.200. The highest BCUT2D eigenvalue weighted by Gasteiger charge is 1.98. The molecule has 5 heteroatoms. The van der Waals surface area contributed by atoms with Crippen molar-refractivity contribution in [1.82, 2.24) is 0 Å². The smallest absolute Gasteiger partial charge is 0.0701 e. The lowest BCUT2D eigenvalue weighted by Crippen LogP contribution is -2.16. The molecule has 0 spiro atoms. The first-order valence-electron chi connectivity index (χ1n) is 18.9. The third kappa shape index (κ3) is 52.6. The van der Waals surface area contributed by atoms with Crippen LogP contribution in [0.3, 0.4) is 0 Å². The Kier molecular flexibility index (Phi) is 70.1. The van der Waals surface area contributed by atoms with Crippen molar-refractivity contribution >= 4 is 0 Å². The molecule has 48 heavy (non-hydrogen) atoms. The summed E-state index contributed by atoms with van der Waals surface area (Å²) in [6.07, 6.45) is 38.9. The summed E-state index contributed by atoms with van der Waals surface area (Å²) in [6, 6.07) is 0. The lowest BCUT2D eigenvalue weighted by molar-refractivity contribution is -0.0334. The zero-order valence-electron chi connectivity index (χ0n) is 28.2. The Bertz CT molecular complexity index is 309. The van der Waals surface area contributed by atoms with Crippen molar-refractivity contribution in [3.05, 3.63) is 0 Å². The van der Waals surface area contributed by atoms with E-state index in [1.807, 2.05) is 0 Å². The highest BCUT2D eigenvalue weighted by Crippen LogP contribution is 2.16. The molecule has 0 aromatic carbocycles. The molecule has 0 atom stereocenters. The first kappa shape index (κ1) is 59.9. The van der Waals surface area contributed by atoms with Gasteiger partial charge in [-0.1, -0.05) is 167 Å². The summed E-state index contributed by atoms with van der Waals surface area (Å²) in [5.74, 6) is 0. The minimum Gasteiger partial charge on any atom is -0.381 e. The first-order valence-corrected chi connectivity index (χ1v) is 18.9. The summed E-state index contributed by atoms with van der Waals surface area (Å²) in [4.78, 5) is 0. The van der Waals surface area contributed by atoms with Gasteiger partial charge in [0, 0.05) is 39.6 Å². The molecular formula is C43H98O5. The van der Waals surface area contributed by atoms with E-state index < -0.39 is 0 Å². The zero-order chi connectivity index (χ0) is 29.7. The average Bonchev–Trinajstić information content (AvgIpc) is 3.81. The van der Waals surface area contributed by atoms with Crippen LogP contribution in [0, 0.1) is 0 Å². The molecule has 300 valence electrons. The molecule has 4 aliphatic carbocycles. The number of rotatable bonds is 0. The van der Waals surface area contributed by atoms with E-state index in [-0.39, 0.29) is 44.6 Å². The van der Waals surface area contributed by atoms with Gasteiger partial charge in [-0.25, -0.2) is 0 Å². The fourth-order valence-electron chi connectivity index (χ4n) is 4.77. The van der Waals surface area contributed by atoms with Crippen molar-refractivity contribution in [2.75, 3.05) is 66.1 Å². The van der Waals surface area contributed by atoms with Crippen molar-refractivity contribution in [2.24, 2.45) is 0 Å². The van der Waals surface area contributed by atoms with E-state index in [0.717, 1.165) is 66.1 Å². The minimum absolute atomic E-state index is 0. The number of ether oxygens (including phenoxy) is 5. The van der Waals surface area contributed by atoms with E-state index in [1.54, 1.807) is 0 Å². The monoisotopic (exact) mass is 695 g/mol. The van der Waals surface area contributed by atoms with Gasteiger partial charge in [0.15, 0.2) is 0 Å². The van der Waals surface area contributed by atoms with Gasteiger partial charge in [0.25, 0.3) is 0 Å². The van der Waals surface area contributed by atoms with Gasteiger partial charge in [-0.2, -0.15) is 0 Å². The Morgan fingerprint density at radius 2 is 0.229 bits per heavy atom. The molecule has 0 aromatic heterocycles. The predicted molar refractivity (Wildman–Crippen MR) is 219 cm³/mol. The second kappa shape index (κ2) is 56.2. The summed E-state index contributed by atoms with van der Waals surface area (Å²) in [6.45, 7) is 9.11. The van der Waals surface area contributed by atoms with Gasteiger partial charge < -0.3 is 23.7 Å². The molecule has 8 rings (SSSR count). The summed E-state index contributed by atoms with van der Waals surface area (Å²) in [7, 11) is 0. The van der Waals surface area contributed by atoms with Gasteiger partial charge in [-0.15, -0.1) is 0 Å². The molecule has 0 amide bonds. The molecule has 0 unspecified atom stereocenters. The highest BCUT2D eigenvalue weighted by atomic mass is 16.6. The number of hydrogen-bond acceptors (Lipinski definition) is 5. The second-order valence-electron chi connectivity index (χ2n) is 12.6. The van der Waals surface area contributed by atoms with Crippen LogP contribution in [0.4, 0.5) is 0 Å². The largest absolute Gasteiger partial charge is 0.381 e. The Balaban J connectivity index is -0.000000104. The van der Waals surface area contributed by atoms with E-state index >= 15 is 0 Å². The van der Waals surface area contributed by atoms with Crippen LogP contribution in [-0.2, 0) is 23.7 Å². The van der Waals surface area contributed by atoms with Crippen LogP contribution in [0.5, 0.6) is 0 Å². The summed E-state index contributed by atoms with van der Waals surface area (Å²) < 4.78 is 25.0. The molecule has 0 bridgehead atoms. The Morgan fingerprint density at radius 3 is 0.312 bits per heavy atom. The van der Waals surface area contributed by atoms with Crippen molar-refractivity contribution in [2.45, 2.75) is 218 Å². The molecular weight excluding hydrogens is 596 g/mol. The van der Waals surface area contributed by atoms with Crippen molar-refractivity contribution in [3.63, 3.8) is 0 Å². The van der Waals surface area contributed by atoms with Crippen LogP contribution in [0.25, 0.3) is 0 Å². The van der Waals surface area contributed by atoms with E-state index in [2.05, 4.69) is 0 Å². The van der Waals surface area contributed by atoms with E-state index in [9.17, 15) is 0 Å². The van der Waals surface area contributed by atoms with Gasteiger partial charge in [0.05, 0.1) is 26.4 Å². The highest BCUT2D eigenvalue weighted by molar-refractivity contribution is 4.52. The van der Waals surface area contributed by atoms with Gasteiger partial charge in [0.1, 0.15) is 0 Å². The van der Waals surface area contributed by atoms with Crippen LogP contribution in [-0.4, -0.2) is 66.1 Å². The van der Waals surface area contributed by atoms with Crippen LogP contribution in [0.1, 0.15) is 218 Å². The lowest BCUT2D eigenvalue weighted by atomic mass is 10.0. The Labute approximate surface area is 307 Å². The minimum atomic E-state index is 0. The molecule has 4 aliphatic heterocycles. The maximum atomic E-state index is 5.07. The summed E-state index contributed by atoms with van der Waals surface area (Å²) in [5.41, 5.74) is 0. The van der Waals surface area contributed by atoms with Crippen LogP contribution < -0.4 is 0 Å². The van der Waals surface area contributed by atoms with Gasteiger partial charge in [-0.05, 0) is 51.4 Å². The fourth-order valence-corrected chi connectivity index (χ4v) is 4.77. The fraction of sp³-hybridized carbons (Fsp3) is 1.00. The molecule has 8 fully saturated rings. The van der Waals surface area contributed by atoms with Crippen molar-refractivity contribution < 1.29 is 23.7 Å². The number of hydrogen-bond donors (Lipinski definition) is 0. The Morgan fingerprint density at radius 1 is 0.125 bits per heavy atom. The van der Waals surface area contributed by atoms with Crippen molar-refractivity contribution in [3.8, 4) is 0 Å². The molecule has 0 aromatic rings. The van der Waals surface area contributed by atoms with Gasteiger partial charge in [0.2, 0.25) is 0 Å². The van der Waals surface area contributed by atoms with E-state index in [0.29, 0.717) is 0 Å². The maximum Gasteiger partial charge on any atom is 0.0701 e. The average molecular weight is 695 g/mol. The molecule has 8 aliphatic rings. The van der Waals surface area contributed by atoms with E-state index in [4.69, 9.17) is 23.7 Å². The first-order chi connectivity index (χ1) is 21.0. The zero-order valence-corrected chi connectivity index (χ0v) is 28.2. The van der Waals surface area contributed by atoms with Crippen molar-refractivity contribution in [1.29, 1.82) is 0 Å². The normalized spacial score (nSPS) is 21.0. The van der Waals surface area contributed by atoms with Crippen LogP contribution in [0.2, 0.25) is 0 Å². The third-order valence-corrected chi connectivity index (χ3v) is 8.48. The molecule has 0 N–H and O–H groups in total. The molecule has 4 heterocycles. The molecule has 5 nitrogen and oxygen atoms in total. The van der Waals surface area contributed by atoms with Gasteiger partial charge >= 0.3 is 0 Å².